The highest BCUT2D eigenvalue weighted by Gasteiger charge is 2.24. The van der Waals surface area contributed by atoms with Crippen LogP contribution in [0, 0.1) is 5.92 Å². The van der Waals surface area contributed by atoms with Crippen LogP contribution >= 0.6 is 0 Å². The number of aromatic nitrogens is 2. The molecule has 1 aromatic rings. The van der Waals surface area contributed by atoms with Gasteiger partial charge in [0.2, 0.25) is 0 Å². The number of hydrogen-bond donors (Lipinski definition) is 2. The Morgan fingerprint density at radius 3 is 2.68 bits per heavy atom. The number of imidazole rings is 1. The molecular weight excluding hydrogens is 276 g/mol. The number of piperidine rings is 1. The van der Waals surface area contributed by atoms with Crippen LogP contribution in [0.2, 0.25) is 0 Å². The molecule has 2 amide bonds. The van der Waals surface area contributed by atoms with Gasteiger partial charge in [-0.2, -0.15) is 0 Å². The van der Waals surface area contributed by atoms with E-state index in [4.69, 9.17) is 0 Å². The van der Waals surface area contributed by atoms with Crippen molar-refractivity contribution in [3.63, 3.8) is 0 Å². The number of aromatic amines is 1. The summed E-state index contributed by atoms with van der Waals surface area (Å²) in [5, 5.41) is 3.12. The summed E-state index contributed by atoms with van der Waals surface area (Å²) in [6.45, 7) is 2.53. The Kier molecular flexibility index (Phi) is 5.35. The number of urea groups is 1. The largest absolute Gasteiger partial charge is 0.348 e. The van der Waals surface area contributed by atoms with E-state index in [9.17, 15) is 4.79 Å². The molecule has 2 fully saturated rings. The lowest BCUT2D eigenvalue weighted by Crippen LogP contribution is -2.44. The minimum Gasteiger partial charge on any atom is -0.348 e. The Morgan fingerprint density at radius 2 is 2.00 bits per heavy atom. The van der Waals surface area contributed by atoms with E-state index in [1.807, 2.05) is 11.1 Å². The van der Waals surface area contributed by atoms with Crippen molar-refractivity contribution in [1.82, 2.24) is 20.2 Å². The fourth-order valence-electron chi connectivity index (χ4n) is 3.85. The van der Waals surface area contributed by atoms with Gasteiger partial charge in [0.05, 0.1) is 6.33 Å². The SMILES string of the molecule is O=C(NCCC1CCCCC1)N1CCC(c2cnc[nH]2)CC1. The number of H-pyrrole nitrogens is 1. The van der Waals surface area contributed by atoms with Gasteiger partial charge in [-0.1, -0.05) is 32.1 Å². The zero-order valence-corrected chi connectivity index (χ0v) is 13.4. The van der Waals surface area contributed by atoms with E-state index >= 15 is 0 Å². The van der Waals surface area contributed by atoms with Crippen LogP contribution in [0.4, 0.5) is 4.79 Å². The predicted molar refractivity (Wildman–Crippen MR) is 86.7 cm³/mol. The second kappa shape index (κ2) is 7.65. The summed E-state index contributed by atoms with van der Waals surface area (Å²) in [7, 11) is 0. The van der Waals surface area contributed by atoms with E-state index < -0.39 is 0 Å². The molecule has 5 nitrogen and oxygen atoms in total. The first kappa shape index (κ1) is 15.4. The number of nitrogens with one attached hydrogen (secondary N) is 2. The van der Waals surface area contributed by atoms with Crippen molar-refractivity contribution in [1.29, 1.82) is 0 Å². The molecule has 0 aromatic carbocycles. The van der Waals surface area contributed by atoms with Crippen LogP contribution in [0.3, 0.4) is 0 Å². The number of carbonyl (C=O) groups is 1. The lowest BCUT2D eigenvalue weighted by molar-refractivity contribution is 0.180. The highest BCUT2D eigenvalue weighted by Crippen LogP contribution is 2.27. The number of rotatable bonds is 4. The summed E-state index contributed by atoms with van der Waals surface area (Å²) in [4.78, 5) is 21.5. The highest BCUT2D eigenvalue weighted by molar-refractivity contribution is 5.74. The second-order valence-corrected chi connectivity index (χ2v) is 6.79. The van der Waals surface area contributed by atoms with Crippen molar-refractivity contribution >= 4 is 6.03 Å². The van der Waals surface area contributed by atoms with Crippen molar-refractivity contribution in [2.45, 2.75) is 57.3 Å². The molecule has 0 atom stereocenters. The fraction of sp³-hybridized carbons (Fsp3) is 0.765. The normalized spacial score (nSPS) is 21.0. The van der Waals surface area contributed by atoms with Crippen LogP contribution in [0.25, 0.3) is 0 Å². The molecule has 5 heteroatoms. The molecule has 1 aromatic heterocycles. The fourth-order valence-corrected chi connectivity index (χ4v) is 3.85. The maximum atomic E-state index is 12.2. The van der Waals surface area contributed by atoms with Gasteiger partial charge in [0.15, 0.2) is 0 Å². The molecule has 3 rings (SSSR count). The molecule has 0 spiro atoms. The summed E-state index contributed by atoms with van der Waals surface area (Å²) in [5.74, 6) is 1.36. The van der Waals surface area contributed by atoms with Gasteiger partial charge in [-0.25, -0.2) is 9.78 Å². The quantitative estimate of drug-likeness (QED) is 0.897. The topological polar surface area (TPSA) is 61.0 Å². The molecule has 122 valence electrons. The van der Waals surface area contributed by atoms with Crippen LogP contribution < -0.4 is 5.32 Å². The summed E-state index contributed by atoms with van der Waals surface area (Å²) in [6.07, 6.45) is 13.7. The summed E-state index contributed by atoms with van der Waals surface area (Å²) >= 11 is 0. The molecule has 22 heavy (non-hydrogen) atoms. The van der Waals surface area contributed by atoms with Gasteiger partial charge in [0.25, 0.3) is 0 Å². The third kappa shape index (κ3) is 4.02. The maximum absolute atomic E-state index is 12.2. The molecule has 1 aliphatic heterocycles. The van der Waals surface area contributed by atoms with Crippen molar-refractivity contribution in [2.75, 3.05) is 19.6 Å². The molecule has 1 saturated heterocycles. The zero-order valence-electron chi connectivity index (χ0n) is 13.4. The molecule has 0 radical (unpaired) electrons. The maximum Gasteiger partial charge on any atom is 0.317 e. The number of carbonyl (C=O) groups excluding carboxylic acids is 1. The van der Waals surface area contributed by atoms with Crippen molar-refractivity contribution in [3.05, 3.63) is 18.2 Å². The summed E-state index contributed by atoms with van der Waals surface area (Å²) < 4.78 is 0. The molecular formula is C17H28N4O. The molecule has 2 N–H and O–H groups in total. The number of amides is 2. The van der Waals surface area contributed by atoms with Gasteiger partial charge >= 0.3 is 6.03 Å². The van der Waals surface area contributed by atoms with Crippen molar-refractivity contribution < 1.29 is 4.79 Å². The summed E-state index contributed by atoms with van der Waals surface area (Å²) in [6, 6.07) is 0.124. The van der Waals surface area contributed by atoms with Gasteiger partial charge in [0, 0.05) is 37.4 Å². The van der Waals surface area contributed by atoms with Crippen LogP contribution in [-0.4, -0.2) is 40.5 Å². The zero-order chi connectivity index (χ0) is 15.2. The lowest BCUT2D eigenvalue weighted by atomic mass is 9.87. The average Bonchev–Trinajstić information content (AvgIpc) is 3.10. The molecule has 1 aliphatic carbocycles. The van der Waals surface area contributed by atoms with E-state index in [2.05, 4.69) is 15.3 Å². The van der Waals surface area contributed by atoms with Gasteiger partial charge in [-0.15, -0.1) is 0 Å². The standard InChI is InChI=1S/C17H28N4O/c22-17(19-9-6-14-4-2-1-3-5-14)21-10-7-15(8-11-21)16-12-18-13-20-16/h12-15H,1-11H2,(H,18,20)(H,19,22). The number of hydrogen-bond acceptors (Lipinski definition) is 2. The van der Waals surface area contributed by atoms with Crippen LogP contribution in [0.5, 0.6) is 0 Å². The van der Waals surface area contributed by atoms with Gasteiger partial charge in [0.1, 0.15) is 0 Å². The third-order valence-electron chi connectivity index (χ3n) is 5.29. The van der Waals surface area contributed by atoms with Crippen LogP contribution in [0.1, 0.15) is 63.0 Å². The first-order chi connectivity index (χ1) is 10.8. The smallest absolute Gasteiger partial charge is 0.317 e. The minimum atomic E-state index is 0.124. The Labute approximate surface area is 132 Å². The van der Waals surface area contributed by atoms with Crippen molar-refractivity contribution in [2.24, 2.45) is 5.92 Å². The Balaban J connectivity index is 1.35. The first-order valence-corrected chi connectivity index (χ1v) is 8.84. The highest BCUT2D eigenvalue weighted by atomic mass is 16.2. The van der Waals surface area contributed by atoms with E-state index in [-0.39, 0.29) is 6.03 Å². The second-order valence-electron chi connectivity index (χ2n) is 6.79. The molecule has 0 bridgehead atoms. The molecule has 2 aliphatic rings. The van der Waals surface area contributed by atoms with E-state index in [0.717, 1.165) is 44.8 Å². The van der Waals surface area contributed by atoms with E-state index in [0.29, 0.717) is 5.92 Å². The molecule has 2 heterocycles. The van der Waals surface area contributed by atoms with Gasteiger partial charge in [-0.3, -0.25) is 0 Å². The molecule has 1 saturated carbocycles. The number of likely N-dealkylation sites (tertiary alicyclic amines) is 1. The first-order valence-electron chi connectivity index (χ1n) is 8.84. The van der Waals surface area contributed by atoms with Gasteiger partial charge < -0.3 is 15.2 Å². The summed E-state index contributed by atoms with van der Waals surface area (Å²) in [5.41, 5.74) is 1.21. The Bertz CT molecular complexity index is 445. The van der Waals surface area contributed by atoms with Crippen LogP contribution in [0.15, 0.2) is 12.5 Å². The van der Waals surface area contributed by atoms with Gasteiger partial charge in [-0.05, 0) is 25.2 Å². The lowest BCUT2D eigenvalue weighted by Gasteiger charge is -2.31. The number of nitrogens with zero attached hydrogens (tertiary/aromatic N) is 2. The Hall–Kier alpha value is -1.52. The van der Waals surface area contributed by atoms with E-state index in [1.54, 1.807) is 6.33 Å². The minimum absolute atomic E-state index is 0.124. The van der Waals surface area contributed by atoms with Crippen molar-refractivity contribution in [3.8, 4) is 0 Å². The molecule has 0 unspecified atom stereocenters. The van der Waals surface area contributed by atoms with Crippen LogP contribution in [-0.2, 0) is 0 Å². The Morgan fingerprint density at radius 1 is 1.23 bits per heavy atom. The third-order valence-corrected chi connectivity index (χ3v) is 5.29. The monoisotopic (exact) mass is 304 g/mol. The predicted octanol–water partition coefficient (Wildman–Crippen LogP) is 3.27. The van der Waals surface area contributed by atoms with E-state index in [1.165, 1.54) is 37.8 Å². The average molecular weight is 304 g/mol.